The van der Waals surface area contributed by atoms with E-state index in [0.717, 1.165) is 6.42 Å². The lowest BCUT2D eigenvalue weighted by Crippen LogP contribution is -2.36. The van der Waals surface area contributed by atoms with Crippen LogP contribution in [-0.4, -0.2) is 39.7 Å². The molecule has 0 radical (unpaired) electrons. The molecule has 1 aromatic rings. The van der Waals surface area contributed by atoms with Gasteiger partial charge in [0.15, 0.2) is 0 Å². The highest BCUT2D eigenvalue weighted by molar-refractivity contribution is 5.94. The summed E-state index contributed by atoms with van der Waals surface area (Å²) in [5.41, 5.74) is 0.00599. The SMILES string of the molecule is CCCCC(O)(CCO)OC(=O)c1cccc(C(=O)O)c1. The van der Waals surface area contributed by atoms with Gasteiger partial charge in [-0.1, -0.05) is 19.4 Å². The highest BCUT2D eigenvalue weighted by atomic mass is 16.7. The number of carbonyl (C=O) groups excluding carboxylic acids is 1. The van der Waals surface area contributed by atoms with E-state index in [1.54, 1.807) is 0 Å². The summed E-state index contributed by atoms with van der Waals surface area (Å²) in [5, 5.41) is 28.1. The number of aliphatic hydroxyl groups is 2. The molecule has 0 saturated heterocycles. The van der Waals surface area contributed by atoms with Gasteiger partial charge < -0.3 is 20.1 Å². The standard InChI is InChI=1S/C15H20O6/c1-2-3-7-15(20,8-9-16)21-14(19)12-6-4-5-11(10-12)13(17)18/h4-6,10,16,20H,2-3,7-9H2,1H3,(H,17,18). The molecule has 0 aliphatic heterocycles. The van der Waals surface area contributed by atoms with Gasteiger partial charge in [0.1, 0.15) is 0 Å². The van der Waals surface area contributed by atoms with Gasteiger partial charge in [-0.25, -0.2) is 9.59 Å². The number of benzene rings is 1. The van der Waals surface area contributed by atoms with Crippen molar-refractivity contribution in [1.82, 2.24) is 0 Å². The lowest BCUT2D eigenvalue weighted by Gasteiger charge is -2.27. The third kappa shape index (κ3) is 5.17. The molecule has 0 aliphatic rings. The molecule has 0 fully saturated rings. The molecular weight excluding hydrogens is 276 g/mol. The van der Waals surface area contributed by atoms with E-state index in [1.807, 2.05) is 6.92 Å². The Balaban J connectivity index is 2.86. The van der Waals surface area contributed by atoms with E-state index in [4.69, 9.17) is 14.9 Å². The second kappa shape index (κ2) is 7.75. The molecular formula is C15H20O6. The number of carboxylic acid groups (broad SMARTS) is 1. The van der Waals surface area contributed by atoms with Crippen LogP contribution in [0.1, 0.15) is 53.3 Å². The van der Waals surface area contributed by atoms with Crippen molar-refractivity contribution in [3.8, 4) is 0 Å². The molecule has 0 heterocycles. The molecule has 1 atom stereocenters. The summed E-state index contributed by atoms with van der Waals surface area (Å²) in [5.74, 6) is -3.70. The lowest BCUT2D eigenvalue weighted by atomic mass is 10.1. The van der Waals surface area contributed by atoms with Gasteiger partial charge in [-0.15, -0.1) is 0 Å². The summed E-state index contributed by atoms with van der Waals surface area (Å²) < 4.78 is 5.06. The number of rotatable bonds is 8. The molecule has 3 N–H and O–H groups in total. The molecule has 1 unspecified atom stereocenters. The van der Waals surface area contributed by atoms with E-state index < -0.39 is 17.7 Å². The molecule has 0 saturated carbocycles. The van der Waals surface area contributed by atoms with Crippen molar-refractivity contribution >= 4 is 11.9 Å². The fraction of sp³-hybridized carbons (Fsp3) is 0.467. The first kappa shape index (κ1) is 17.1. The summed E-state index contributed by atoms with van der Waals surface area (Å²) in [4.78, 5) is 22.9. The van der Waals surface area contributed by atoms with E-state index in [2.05, 4.69) is 0 Å². The van der Waals surface area contributed by atoms with Crippen LogP contribution < -0.4 is 0 Å². The zero-order valence-corrected chi connectivity index (χ0v) is 11.9. The highest BCUT2D eigenvalue weighted by Crippen LogP contribution is 2.22. The average molecular weight is 296 g/mol. The number of esters is 1. The largest absolute Gasteiger partial charge is 0.478 e. The Morgan fingerprint density at radius 3 is 2.48 bits per heavy atom. The van der Waals surface area contributed by atoms with Crippen molar-refractivity contribution in [2.45, 2.75) is 38.4 Å². The average Bonchev–Trinajstić information content (AvgIpc) is 2.45. The molecule has 6 nitrogen and oxygen atoms in total. The van der Waals surface area contributed by atoms with E-state index in [0.29, 0.717) is 6.42 Å². The predicted octanol–water partition coefficient (Wildman–Crippen LogP) is 1.80. The number of carboxylic acids is 1. The van der Waals surface area contributed by atoms with Crippen molar-refractivity contribution in [2.75, 3.05) is 6.61 Å². The zero-order valence-electron chi connectivity index (χ0n) is 11.9. The van der Waals surface area contributed by atoms with Crippen LogP contribution in [0.25, 0.3) is 0 Å². The quantitative estimate of drug-likeness (QED) is 0.499. The summed E-state index contributed by atoms with van der Waals surface area (Å²) in [6.45, 7) is 1.61. The maximum absolute atomic E-state index is 12.0. The first-order valence-electron chi connectivity index (χ1n) is 6.82. The lowest BCUT2D eigenvalue weighted by molar-refractivity contribution is -0.179. The molecule has 0 spiro atoms. The van der Waals surface area contributed by atoms with Gasteiger partial charge in [-0.05, 0) is 24.6 Å². The van der Waals surface area contributed by atoms with Crippen LogP contribution in [-0.2, 0) is 4.74 Å². The maximum Gasteiger partial charge on any atom is 0.340 e. The van der Waals surface area contributed by atoms with Crippen LogP contribution >= 0.6 is 0 Å². The minimum Gasteiger partial charge on any atom is -0.478 e. The van der Waals surface area contributed by atoms with E-state index in [1.165, 1.54) is 24.3 Å². The molecule has 0 aliphatic carbocycles. The van der Waals surface area contributed by atoms with E-state index in [9.17, 15) is 14.7 Å². The third-order valence-corrected chi connectivity index (χ3v) is 3.05. The monoisotopic (exact) mass is 296 g/mol. The van der Waals surface area contributed by atoms with Crippen molar-refractivity contribution in [3.05, 3.63) is 35.4 Å². The van der Waals surface area contributed by atoms with Gasteiger partial charge in [0.2, 0.25) is 5.79 Å². The van der Waals surface area contributed by atoms with Crippen LogP contribution in [0.5, 0.6) is 0 Å². The van der Waals surface area contributed by atoms with Crippen molar-refractivity contribution in [2.24, 2.45) is 0 Å². The maximum atomic E-state index is 12.0. The second-order valence-corrected chi connectivity index (χ2v) is 4.80. The summed E-state index contributed by atoms with van der Waals surface area (Å²) in [7, 11) is 0. The fourth-order valence-electron chi connectivity index (χ4n) is 1.87. The molecule has 0 aromatic heterocycles. The molecule has 6 heteroatoms. The first-order valence-corrected chi connectivity index (χ1v) is 6.82. The zero-order chi connectivity index (χ0) is 15.9. The summed E-state index contributed by atoms with van der Waals surface area (Å²) in [6, 6.07) is 5.38. The molecule has 1 rings (SSSR count). The van der Waals surface area contributed by atoms with Gasteiger partial charge in [-0.3, -0.25) is 0 Å². The molecule has 0 bridgehead atoms. The van der Waals surface area contributed by atoms with Gasteiger partial charge >= 0.3 is 11.9 Å². The van der Waals surface area contributed by atoms with Crippen LogP contribution in [0.2, 0.25) is 0 Å². The third-order valence-electron chi connectivity index (χ3n) is 3.05. The number of hydrogen-bond donors (Lipinski definition) is 3. The van der Waals surface area contributed by atoms with Gasteiger partial charge in [0.25, 0.3) is 0 Å². The normalized spacial score (nSPS) is 13.5. The first-order chi connectivity index (χ1) is 9.91. The van der Waals surface area contributed by atoms with Crippen molar-refractivity contribution < 1.29 is 29.6 Å². The second-order valence-electron chi connectivity index (χ2n) is 4.80. The Bertz CT molecular complexity index is 499. The Hall–Kier alpha value is -1.92. The van der Waals surface area contributed by atoms with E-state index in [-0.39, 0.29) is 30.6 Å². The van der Waals surface area contributed by atoms with Crippen LogP contribution in [0.15, 0.2) is 24.3 Å². The predicted molar refractivity (Wildman–Crippen MR) is 75.0 cm³/mol. The van der Waals surface area contributed by atoms with E-state index >= 15 is 0 Å². The topological polar surface area (TPSA) is 104 Å². The van der Waals surface area contributed by atoms with Gasteiger partial charge in [-0.2, -0.15) is 0 Å². The van der Waals surface area contributed by atoms with Gasteiger partial charge in [0, 0.05) is 19.4 Å². The van der Waals surface area contributed by atoms with Crippen molar-refractivity contribution in [1.29, 1.82) is 0 Å². The number of ether oxygens (including phenoxy) is 1. The Labute approximate surface area is 123 Å². The fourth-order valence-corrected chi connectivity index (χ4v) is 1.87. The number of unbranched alkanes of at least 4 members (excludes halogenated alkanes) is 1. The Kier molecular flexibility index (Phi) is 6.33. The summed E-state index contributed by atoms with van der Waals surface area (Å²) >= 11 is 0. The minimum atomic E-state index is -1.74. The number of hydrogen-bond acceptors (Lipinski definition) is 5. The summed E-state index contributed by atoms with van der Waals surface area (Å²) in [6.07, 6.45) is 1.57. The van der Waals surface area contributed by atoms with Crippen LogP contribution in [0.4, 0.5) is 0 Å². The molecule has 0 amide bonds. The van der Waals surface area contributed by atoms with Crippen LogP contribution in [0, 0.1) is 0 Å². The van der Waals surface area contributed by atoms with Crippen LogP contribution in [0.3, 0.4) is 0 Å². The number of carbonyl (C=O) groups is 2. The minimum absolute atomic E-state index is 0.0382. The molecule has 21 heavy (non-hydrogen) atoms. The van der Waals surface area contributed by atoms with Gasteiger partial charge in [0.05, 0.1) is 11.1 Å². The Morgan fingerprint density at radius 1 is 1.24 bits per heavy atom. The van der Waals surface area contributed by atoms with Crippen molar-refractivity contribution in [3.63, 3.8) is 0 Å². The Morgan fingerprint density at radius 2 is 1.90 bits per heavy atom. The smallest absolute Gasteiger partial charge is 0.340 e. The number of aliphatic hydroxyl groups excluding tert-OH is 1. The number of aromatic carboxylic acids is 1. The molecule has 1 aromatic carbocycles. The molecule has 116 valence electrons. The highest BCUT2D eigenvalue weighted by Gasteiger charge is 2.31.